The van der Waals surface area contributed by atoms with Crippen molar-refractivity contribution in [1.82, 2.24) is 0 Å². The van der Waals surface area contributed by atoms with Gasteiger partial charge in [0.2, 0.25) is 5.91 Å². The molecule has 3 aromatic rings. The zero-order valence-electron chi connectivity index (χ0n) is 29.1. The van der Waals surface area contributed by atoms with Crippen molar-refractivity contribution in [2.75, 3.05) is 5.32 Å². The van der Waals surface area contributed by atoms with E-state index in [4.69, 9.17) is 14.9 Å². The van der Waals surface area contributed by atoms with Crippen LogP contribution in [0.1, 0.15) is 120 Å². The van der Waals surface area contributed by atoms with Crippen LogP contribution in [-0.2, 0) is 26.2 Å². The molecule has 0 aromatic heterocycles. The Bertz CT molecular complexity index is 1450. The van der Waals surface area contributed by atoms with Gasteiger partial charge in [0, 0.05) is 29.2 Å². The largest absolute Gasteiger partial charge is 1.00 e. The van der Waals surface area contributed by atoms with Crippen molar-refractivity contribution in [2.45, 2.75) is 109 Å². The van der Waals surface area contributed by atoms with Gasteiger partial charge in [0.05, 0.1) is 12.8 Å². The van der Waals surface area contributed by atoms with Crippen LogP contribution in [0.25, 0.3) is 0 Å². The first kappa shape index (κ1) is 39.3. The van der Waals surface area contributed by atoms with E-state index < -0.39 is 11.9 Å². The fourth-order valence-corrected chi connectivity index (χ4v) is 6.56. The number of rotatable bonds is 11. The van der Waals surface area contributed by atoms with E-state index in [0.717, 1.165) is 47.1 Å². The number of carbonyl (C=O) groups is 3. The number of unbranched alkanes of at least 4 members (excludes halogenated alkanes) is 1. The topological polar surface area (TPSA) is 113 Å². The molecule has 3 N–H and O–H groups in total. The predicted octanol–water partition coefficient (Wildman–Crippen LogP) is 6.69. The summed E-state index contributed by atoms with van der Waals surface area (Å²) >= 11 is 0. The van der Waals surface area contributed by atoms with Crippen LogP contribution in [0.5, 0.6) is 11.5 Å². The minimum Gasteiger partial charge on any atom is -0.481 e. The molecule has 1 heterocycles. The van der Waals surface area contributed by atoms with Gasteiger partial charge in [0.25, 0.3) is 0 Å². The smallest absolute Gasteiger partial charge is 0.481 e. The van der Waals surface area contributed by atoms with Gasteiger partial charge in [0.15, 0.2) is 0 Å². The normalized spacial score (nSPS) is 14.5. The monoisotopic (exact) mass is 663 g/mol. The van der Waals surface area contributed by atoms with Crippen molar-refractivity contribution in [1.29, 1.82) is 0 Å². The van der Waals surface area contributed by atoms with E-state index in [1.165, 1.54) is 56.1 Å². The Morgan fingerprint density at radius 2 is 1.40 bits per heavy atom. The summed E-state index contributed by atoms with van der Waals surface area (Å²) in [7, 11) is 0. The number of nitrogens with one attached hydrogen (secondary N) is 1. The summed E-state index contributed by atoms with van der Waals surface area (Å²) in [6.07, 6.45) is 14.1. The van der Waals surface area contributed by atoms with Crippen molar-refractivity contribution in [3.05, 3.63) is 95.4 Å². The molecular weight excluding hydrogens is 613 g/mol. The first-order valence-electron chi connectivity index (χ1n) is 17.1. The molecule has 252 valence electrons. The molecule has 48 heavy (non-hydrogen) atoms. The Labute approximate surface area is 308 Å². The van der Waals surface area contributed by atoms with E-state index in [2.05, 4.69) is 62.8 Å². The van der Waals surface area contributed by atoms with E-state index in [1.807, 2.05) is 36.4 Å². The summed E-state index contributed by atoms with van der Waals surface area (Å²) in [5, 5.41) is 19.1. The fourth-order valence-electron chi connectivity index (χ4n) is 6.56. The zero-order valence-corrected chi connectivity index (χ0v) is 31.1. The van der Waals surface area contributed by atoms with Gasteiger partial charge in [-0.25, -0.2) is 0 Å². The van der Waals surface area contributed by atoms with Crippen molar-refractivity contribution in [2.24, 2.45) is 5.92 Å². The number of carboxylic acids is 2. The van der Waals surface area contributed by atoms with E-state index in [-0.39, 0.29) is 59.6 Å². The van der Waals surface area contributed by atoms with Gasteiger partial charge in [-0.1, -0.05) is 120 Å². The molecule has 1 amide bonds. The molecule has 5 rings (SSSR count). The van der Waals surface area contributed by atoms with E-state index in [1.54, 1.807) is 0 Å². The van der Waals surface area contributed by atoms with Crippen LogP contribution in [0.3, 0.4) is 0 Å². The van der Waals surface area contributed by atoms with Crippen LogP contribution < -0.4 is 39.6 Å². The van der Waals surface area contributed by atoms with Crippen LogP contribution in [0.4, 0.5) is 5.69 Å². The van der Waals surface area contributed by atoms with Crippen LogP contribution in [0.15, 0.2) is 66.7 Å². The fraction of sp³-hybridized carbons (Fsp3) is 0.450. The predicted molar refractivity (Wildman–Crippen MR) is 186 cm³/mol. The van der Waals surface area contributed by atoms with Gasteiger partial charge in [-0.05, 0) is 34.7 Å². The minimum atomic E-state index is -1.08. The summed E-state index contributed by atoms with van der Waals surface area (Å²) in [6.45, 7) is 6.63. The average molecular weight is 664 g/mol. The SMILES string of the molecule is CC(C)(C)c1ccc(CC[CH-]CC2CCCCCC2)cc1NC(=O)CC1c2ccccc2Oc2ccccc21.O=C(O)CCC(=O)O.[Na+]. The molecule has 0 unspecified atom stereocenters. The van der Waals surface area contributed by atoms with E-state index in [9.17, 15) is 14.4 Å². The van der Waals surface area contributed by atoms with Gasteiger partial charge in [0.1, 0.15) is 11.5 Å². The number of aliphatic carboxylic acids is 2. The second-order valence-electron chi connectivity index (χ2n) is 13.8. The Hall–Kier alpha value is -3.13. The average Bonchev–Trinajstić information content (AvgIpc) is 3.31. The number of carboxylic acid groups (broad SMARTS) is 2. The molecule has 0 bridgehead atoms. The third kappa shape index (κ3) is 12.1. The van der Waals surface area contributed by atoms with Gasteiger partial charge in [-0.15, -0.1) is 0 Å². The summed E-state index contributed by atoms with van der Waals surface area (Å²) < 4.78 is 6.14. The van der Waals surface area contributed by atoms with Gasteiger partial charge >= 0.3 is 41.5 Å². The first-order valence-corrected chi connectivity index (χ1v) is 17.1. The molecule has 2 aliphatic rings. The molecule has 0 saturated heterocycles. The summed E-state index contributed by atoms with van der Waals surface area (Å²) in [6, 6.07) is 22.8. The molecule has 0 atom stereocenters. The maximum Gasteiger partial charge on any atom is 1.00 e. The number of anilines is 1. The van der Waals surface area contributed by atoms with Crippen molar-refractivity contribution in [3.63, 3.8) is 0 Å². The molecule has 7 nitrogen and oxygen atoms in total. The molecule has 0 radical (unpaired) electrons. The molecular formula is C40H50NNaO6. The van der Waals surface area contributed by atoms with Crippen molar-refractivity contribution >= 4 is 23.5 Å². The van der Waals surface area contributed by atoms with Crippen LogP contribution in [0, 0.1) is 12.3 Å². The number of fused-ring (bicyclic) bond motifs is 2. The second-order valence-corrected chi connectivity index (χ2v) is 13.8. The van der Waals surface area contributed by atoms with Gasteiger partial charge in [-0.2, -0.15) is 12.8 Å². The Morgan fingerprint density at radius 3 is 1.94 bits per heavy atom. The molecule has 3 aromatic carbocycles. The molecule has 1 aliphatic heterocycles. The van der Waals surface area contributed by atoms with Crippen LogP contribution >= 0.6 is 0 Å². The number of para-hydroxylation sites is 2. The number of amides is 1. The molecule has 1 fully saturated rings. The number of aryl methyl sites for hydroxylation is 1. The van der Waals surface area contributed by atoms with E-state index >= 15 is 0 Å². The minimum absolute atomic E-state index is 0. The Kier molecular flexibility index (Phi) is 15.7. The quantitative estimate of drug-likeness (QED) is 0.0913. The molecule has 1 saturated carbocycles. The number of hydrogen-bond donors (Lipinski definition) is 3. The van der Waals surface area contributed by atoms with Crippen LogP contribution in [0.2, 0.25) is 0 Å². The second kappa shape index (κ2) is 19.2. The standard InChI is InChI=1S/C36H44NO2.C4H6O4.Na/c1-36(2,3)31-23-22-27(17-9-8-16-26-14-6-4-5-7-15-26)24-32(31)37-35(38)25-30-28-18-10-12-20-33(28)39-34-21-13-11-19-29(30)34;5-3(6)1-2-4(7)8;/h8,10-13,18-24,26,30H,4-7,9,14-17,25H2,1-3H3,(H,37,38);1-2H2,(H,5,6)(H,7,8);/q-1;;+1. The zero-order chi connectivity index (χ0) is 33.8. The first-order chi connectivity index (χ1) is 22.5. The number of hydrogen-bond acceptors (Lipinski definition) is 4. The Balaban J connectivity index is 0.000000619. The summed E-state index contributed by atoms with van der Waals surface area (Å²) in [5.74, 6) is 0.406. The number of carbonyl (C=O) groups excluding carboxylic acids is 1. The van der Waals surface area contributed by atoms with Gasteiger partial charge < -0.3 is 26.7 Å². The van der Waals surface area contributed by atoms with Crippen molar-refractivity contribution in [3.8, 4) is 11.5 Å². The number of ether oxygens (including phenoxy) is 1. The van der Waals surface area contributed by atoms with Gasteiger partial charge in [-0.3, -0.25) is 14.4 Å². The Morgan fingerprint density at radius 1 is 0.833 bits per heavy atom. The van der Waals surface area contributed by atoms with Crippen LogP contribution in [-0.4, -0.2) is 28.1 Å². The van der Waals surface area contributed by atoms with Crippen molar-refractivity contribution < 1.29 is 58.9 Å². The maximum absolute atomic E-state index is 13.6. The summed E-state index contributed by atoms with van der Waals surface area (Å²) in [5.41, 5.74) is 5.49. The van der Waals surface area contributed by atoms with E-state index in [0.29, 0.717) is 6.42 Å². The third-order valence-electron chi connectivity index (χ3n) is 9.03. The molecule has 0 spiro atoms. The maximum atomic E-state index is 13.6. The third-order valence-corrected chi connectivity index (χ3v) is 9.03. The molecule has 8 heteroatoms. The summed E-state index contributed by atoms with van der Waals surface area (Å²) in [4.78, 5) is 32.9. The number of benzene rings is 3. The molecule has 1 aliphatic carbocycles.